The summed E-state index contributed by atoms with van der Waals surface area (Å²) in [6.45, 7) is 2.87. The van der Waals surface area contributed by atoms with Crippen LogP contribution in [0.25, 0.3) is 0 Å². The molecule has 0 saturated carbocycles. The Bertz CT molecular complexity index is 2650. The third-order valence-electron chi connectivity index (χ3n) is 7.76. The molecule has 2 aliphatic heterocycles. The van der Waals surface area contributed by atoms with E-state index in [1.165, 1.54) is 13.8 Å². The van der Waals surface area contributed by atoms with Crippen molar-refractivity contribution in [2.24, 2.45) is 30.7 Å². The molecule has 2 amide bonds. The van der Waals surface area contributed by atoms with Gasteiger partial charge in [0.05, 0.1) is 45.8 Å². The first kappa shape index (κ1) is 62.6. The van der Waals surface area contributed by atoms with Crippen molar-refractivity contribution in [3.8, 4) is 11.5 Å². The van der Waals surface area contributed by atoms with Crippen LogP contribution in [-0.4, -0.2) is 138 Å². The molecule has 2 aromatic carbocycles. The van der Waals surface area contributed by atoms with Gasteiger partial charge in [0.1, 0.15) is 11.4 Å². The van der Waals surface area contributed by atoms with Gasteiger partial charge in [0, 0.05) is 29.9 Å². The van der Waals surface area contributed by atoms with E-state index in [0.717, 1.165) is 24.3 Å². The number of amides is 2. The van der Waals surface area contributed by atoms with Crippen molar-refractivity contribution < 1.29 is 161 Å². The average Bonchev–Trinajstić information content (AvgIpc) is 3.72. The quantitative estimate of drug-likeness (QED) is 0.0215. The number of carbonyl (C=O) groups excluding carboxylic acids is 2. The van der Waals surface area contributed by atoms with E-state index >= 15 is 0 Å². The number of halogens is 2. The van der Waals surface area contributed by atoms with Gasteiger partial charge in [-0.25, -0.2) is 10.9 Å². The summed E-state index contributed by atoms with van der Waals surface area (Å²) in [6.07, 6.45) is 0. The number of anilines is 6. The van der Waals surface area contributed by atoms with Gasteiger partial charge in [-0.05, 0) is 61.3 Å². The zero-order chi connectivity index (χ0) is 46.9. The number of hydrazone groups is 2. The number of rotatable bonds is 16. The van der Waals surface area contributed by atoms with E-state index in [-0.39, 0.29) is 189 Å². The second-order valence-corrected chi connectivity index (χ2v) is 15.9. The van der Waals surface area contributed by atoms with Crippen LogP contribution < -0.4 is 121 Å². The van der Waals surface area contributed by atoms with E-state index < -0.39 is 65.4 Å². The number of hydrogen-bond acceptors (Lipinski definition) is 26. The van der Waals surface area contributed by atoms with Crippen molar-refractivity contribution in [1.82, 2.24) is 40.8 Å². The summed E-state index contributed by atoms with van der Waals surface area (Å²) in [7, 11) is -9.44. The van der Waals surface area contributed by atoms with Gasteiger partial charge in [-0.3, -0.25) is 18.7 Å². The first-order chi connectivity index (χ1) is 30.2. The van der Waals surface area contributed by atoms with Gasteiger partial charge >= 0.3 is 88.7 Å². The third-order valence-corrected chi connectivity index (χ3v) is 9.76. The molecule has 2 aliphatic rings. The van der Waals surface area contributed by atoms with E-state index in [1.807, 2.05) is 0 Å². The number of nitrogens with one attached hydrogen (secondary N) is 6. The molecule has 2 unspecified atom stereocenters. The fourth-order valence-electron chi connectivity index (χ4n) is 4.80. The predicted molar refractivity (Wildman–Crippen MR) is 222 cm³/mol. The summed E-state index contributed by atoms with van der Waals surface area (Å²) < 4.78 is 65.7. The number of aliphatic hydroxyl groups is 2. The van der Waals surface area contributed by atoms with Crippen LogP contribution >= 0.6 is 23.2 Å². The molecule has 2 aromatic heterocycles. The Hall–Kier alpha value is -3.43. The maximum absolute atomic E-state index is 11.7. The molecule has 4 heterocycles. The van der Waals surface area contributed by atoms with Crippen LogP contribution in [0.4, 0.5) is 46.5 Å². The molecular weight excluding hydrogens is 1070 g/mol. The summed E-state index contributed by atoms with van der Waals surface area (Å²) in [5, 5.41) is 71.2. The topological polar surface area (TPSA) is 447 Å². The van der Waals surface area contributed by atoms with E-state index in [0.29, 0.717) is 11.4 Å². The fourth-order valence-corrected chi connectivity index (χ4v) is 6.17. The first-order valence-electron chi connectivity index (χ1n) is 17.4. The Kier molecular flexibility index (Phi) is 25.6. The molecule has 38 heteroatoms. The molecule has 68 heavy (non-hydrogen) atoms. The molecule has 2 atom stereocenters. The molecule has 12 N–H and O–H groups in total. The second-order valence-electron chi connectivity index (χ2n) is 12.4. The summed E-state index contributed by atoms with van der Waals surface area (Å²) in [5.41, 5.74) is 3.72. The molecule has 4 aromatic rings. The SMILES string of the molecule is CC1=NNC(=O)C1N=Nc1cc(S(=O)(=O)O)cc(Nc2nc(Cl)nc(NCCO)n2)c1O.CC1=NNC(=O)C1N=Nc1cc(S(=O)(=O)O)cc(Nc2nc(Cl)nc(NCCO)n2)c1O.[Co].[Na+].[Na+].[Na+]. The van der Waals surface area contributed by atoms with E-state index in [2.05, 4.69) is 92.7 Å². The average molecular weight is 1100 g/mol. The number of phenolic OH excluding ortho intramolecular Hbond substituents is 2. The maximum atomic E-state index is 11.7. The van der Waals surface area contributed by atoms with Crippen LogP contribution in [-0.2, 0) is 46.6 Å². The Morgan fingerprint density at radius 1 is 0.618 bits per heavy atom. The number of carbonyl (C=O) groups is 2. The van der Waals surface area contributed by atoms with Crippen molar-refractivity contribution in [1.29, 1.82) is 0 Å². The van der Waals surface area contributed by atoms with Crippen LogP contribution in [0.15, 0.2) is 64.7 Å². The Balaban J connectivity index is 0.000000642. The monoisotopic (exact) mass is 1100 g/mol. The molecule has 30 nitrogen and oxygen atoms in total. The van der Waals surface area contributed by atoms with Gasteiger partial charge in [0.25, 0.3) is 32.1 Å². The molecule has 0 saturated heterocycles. The molecule has 0 aliphatic carbocycles. The number of aromatic nitrogens is 6. The van der Waals surface area contributed by atoms with Crippen LogP contribution in [0.5, 0.6) is 11.5 Å². The molecule has 6 rings (SSSR count). The molecule has 349 valence electrons. The van der Waals surface area contributed by atoms with E-state index in [9.17, 15) is 45.7 Å². The largest absolute Gasteiger partial charge is 1.00 e. The van der Waals surface area contributed by atoms with Crippen molar-refractivity contribution in [3.63, 3.8) is 0 Å². The van der Waals surface area contributed by atoms with E-state index in [1.54, 1.807) is 0 Å². The number of azo groups is 2. The van der Waals surface area contributed by atoms with Crippen LogP contribution in [0.3, 0.4) is 0 Å². The van der Waals surface area contributed by atoms with Gasteiger partial charge < -0.3 is 41.7 Å². The Labute approximate surface area is 470 Å². The van der Waals surface area contributed by atoms with Crippen LogP contribution in [0.2, 0.25) is 10.6 Å². The minimum atomic E-state index is -4.72. The molecule has 0 spiro atoms. The van der Waals surface area contributed by atoms with Crippen LogP contribution in [0.1, 0.15) is 13.8 Å². The number of aromatic hydroxyl groups is 2. The van der Waals surface area contributed by atoms with Crippen molar-refractivity contribution in [3.05, 3.63) is 34.8 Å². The smallest absolute Gasteiger partial charge is 0.504 e. The van der Waals surface area contributed by atoms with Gasteiger partial charge in [-0.2, -0.15) is 77.4 Å². The van der Waals surface area contributed by atoms with Gasteiger partial charge in [0.15, 0.2) is 23.6 Å². The summed E-state index contributed by atoms with van der Waals surface area (Å²) >= 11 is 11.7. The second kappa shape index (κ2) is 27.8. The van der Waals surface area contributed by atoms with Crippen molar-refractivity contribution >= 4 is 113 Å². The minimum absolute atomic E-state index is 0. The summed E-state index contributed by atoms with van der Waals surface area (Å²) in [4.78, 5) is 45.3. The first-order valence-corrected chi connectivity index (χ1v) is 21.1. The number of phenols is 2. The van der Waals surface area contributed by atoms with Crippen molar-refractivity contribution in [2.75, 3.05) is 47.6 Å². The number of nitrogens with zero attached hydrogens (tertiary/aromatic N) is 12. The zero-order valence-electron chi connectivity index (χ0n) is 35.7. The number of benzene rings is 2. The standard InChI is InChI=1S/2C15H16ClN9O6S.Co.3Na/c2*1-6-10(12(28)25-22-6)24-23-9-5-7(32(29,30)31)4-8(11(9)27)18-15-20-13(16)19-14(21-15)17-2-3-26;;;;/h2*4-5,10,26-27H,2-3H2,1H3,(H,25,28)(H,29,30,31)(H2,17,18,19,20,21);;;;/q;;;3*+1. The zero-order valence-corrected chi connectivity index (χ0v) is 45.9. The fraction of sp³-hybridized carbons (Fsp3) is 0.267. The molecule has 0 bridgehead atoms. The molecule has 1 radical (unpaired) electrons. The third kappa shape index (κ3) is 17.5. The van der Waals surface area contributed by atoms with Gasteiger partial charge in [-0.1, -0.05) is 0 Å². The van der Waals surface area contributed by atoms with Gasteiger partial charge in [-0.15, -0.1) is 0 Å². The van der Waals surface area contributed by atoms with Crippen molar-refractivity contribution in [2.45, 2.75) is 35.7 Å². The summed E-state index contributed by atoms with van der Waals surface area (Å²) in [5.74, 6) is -2.70. The van der Waals surface area contributed by atoms with E-state index in [4.69, 9.17) is 33.4 Å². The normalized spacial score (nSPS) is 15.2. The van der Waals surface area contributed by atoms with Gasteiger partial charge in [0.2, 0.25) is 34.4 Å². The Morgan fingerprint density at radius 2 is 0.956 bits per heavy atom. The number of hydrogen-bond donors (Lipinski definition) is 12. The maximum Gasteiger partial charge on any atom is 1.00 e. The molecule has 0 fully saturated rings. The Morgan fingerprint density at radius 3 is 1.25 bits per heavy atom. The summed E-state index contributed by atoms with van der Waals surface area (Å²) in [6, 6.07) is 1.38. The minimum Gasteiger partial charge on any atom is -0.504 e. The number of aliphatic hydroxyl groups excluding tert-OH is 2. The molecular formula is C30H32Cl2CoN18Na3O12S2+3. The predicted octanol–water partition coefficient (Wildman–Crippen LogP) is -7.82. The van der Waals surface area contributed by atoms with Crippen LogP contribution in [0, 0.1) is 0 Å².